The van der Waals surface area contributed by atoms with Crippen LogP contribution >= 0.6 is 0 Å². The van der Waals surface area contributed by atoms with Crippen molar-refractivity contribution in [1.29, 1.82) is 0 Å². The molecule has 3 heterocycles. The van der Waals surface area contributed by atoms with Crippen LogP contribution in [-0.2, 0) is 0 Å². The number of furan rings is 3. The zero-order valence-corrected chi connectivity index (χ0v) is 27.9. The Morgan fingerprint density at radius 1 is 0.308 bits per heavy atom. The molecule has 0 atom stereocenters. The molecule has 4 heteroatoms. The van der Waals surface area contributed by atoms with E-state index >= 15 is 0 Å². The highest BCUT2D eigenvalue weighted by molar-refractivity contribution is 6.14. The summed E-state index contributed by atoms with van der Waals surface area (Å²) in [7, 11) is 0. The fourth-order valence-electron chi connectivity index (χ4n) is 7.90. The number of nitrogens with zero attached hydrogens (tertiary/aromatic N) is 1. The van der Waals surface area contributed by atoms with E-state index in [1.165, 1.54) is 0 Å². The minimum absolute atomic E-state index is 0.852. The number of rotatable bonds is 5. The molecule has 4 nitrogen and oxygen atoms in total. The van der Waals surface area contributed by atoms with Crippen molar-refractivity contribution in [2.45, 2.75) is 0 Å². The third-order valence-electron chi connectivity index (χ3n) is 10.3. The lowest BCUT2D eigenvalue weighted by Crippen LogP contribution is -2.10. The maximum absolute atomic E-state index is 6.40. The Balaban J connectivity index is 1.06. The van der Waals surface area contributed by atoms with Crippen molar-refractivity contribution < 1.29 is 13.3 Å². The number of anilines is 3. The van der Waals surface area contributed by atoms with Crippen LogP contribution in [0.3, 0.4) is 0 Å². The first-order valence-corrected chi connectivity index (χ1v) is 17.5. The Bertz CT molecular complexity index is 2970. The van der Waals surface area contributed by atoms with Gasteiger partial charge in [-0.25, -0.2) is 0 Å². The van der Waals surface area contributed by atoms with Crippen LogP contribution in [0.15, 0.2) is 189 Å². The number of benzene rings is 8. The van der Waals surface area contributed by atoms with Crippen LogP contribution in [0.2, 0.25) is 0 Å². The minimum Gasteiger partial charge on any atom is -0.456 e. The van der Waals surface area contributed by atoms with E-state index in [9.17, 15) is 0 Å². The van der Waals surface area contributed by atoms with E-state index in [0.29, 0.717) is 0 Å². The Kier molecular flexibility index (Phi) is 6.22. The molecule has 0 fully saturated rings. The molecule has 11 rings (SSSR count). The van der Waals surface area contributed by atoms with Gasteiger partial charge in [0.25, 0.3) is 0 Å². The standard InChI is InChI=1S/C48H29NO3/c1-4-18-42-36(10-1)38-15-7-13-34(47(38)51-42)30-22-26-32(27-23-30)49(41-17-9-21-45-46(41)40-12-3-6-20-44(40)50-45)33-28-24-31(25-29-33)35-14-8-16-39-37-11-2-5-19-43(37)52-48(35)39/h1-29H. The zero-order chi connectivity index (χ0) is 34.2. The third-order valence-corrected chi connectivity index (χ3v) is 10.3. The van der Waals surface area contributed by atoms with Gasteiger partial charge in [-0.15, -0.1) is 0 Å². The van der Waals surface area contributed by atoms with Crippen molar-refractivity contribution in [2.24, 2.45) is 0 Å². The van der Waals surface area contributed by atoms with Crippen LogP contribution in [0.5, 0.6) is 0 Å². The SMILES string of the molecule is c1ccc2c(c1)oc1c(-c3ccc(N(c4ccc(-c5cccc6c5oc5ccccc56)cc4)c4cccc5oc6ccccc6c45)cc3)cccc12. The van der Waals surface area contributed by atoms with E-state index in [1.54, 1.807) is 0 Å². The molecule has 0 aliphatic carbocycles. The maximum Gasteiger partial charge on any atom is 0.143 e. The summed E-state index contributed by atoms with van der Waals surface area (Å²) in [6, 6.07) is 61.3. The molecule has 8 aromatic carbocycles. The number of hydrogen-bond donors (Lipinski definition) is 0. The first-order valence-electron chi connectivity index (χ1n) is 17.5. The molecular formula is C48H29NO3. The van der Waals surface area contributed by atoms with Crippen molar-refractivity contribution >= 4 is 82.9 Å². The van der Waals surface area contributed by atoms with Gasteiger partial charge >= 0.3 is 0 Å². The molecule has 0 bridgehead atoms. The zero-order valence-electron chi connectivity index (χ0n) is 27.9. The van der Waals surface area contributed by atoms with Crippen molar-refractivity contribution in [3.05, 3.63) is 176 Å². The lowest BCUT2D eigenvalue weighted by molar-refractivity contribution is 0.669. The highest BCUT2D eigenvalue weighted by atomic mass is 16.3. The summed E-state index contributed by atoms with van der Waals surface area (Å²) in [5, 5.41) is 6.65. The third kappa shape index (κ3) is 4.34. The van der Waals surface area contributed by atoms with Gasteiger partial charge in [0, 0.05) is 49.4 Å². The quantitative estimate of drug-likeness (QED) is 0.183. The maximum atomic E-state index is 6.40. The average Bonchev–Trinajstić information content (AvgIpc) is 3.90. The lowest BCUT2D eigenvalue weighted by atomic mass is 10.0. The van der Waals surface area contributed by atoms with Gasteiger partial charge in [0.15, 0.2) is 0 Å². The monoisotopic (exact) mass is 667 g/mol. The van der Waals surface area contributed by atoms with Gasteiger partial charge in [0.2, 0.25) is 0 Å². The molecule has 0 spiro atoms. The second-order valence-corrected chi connectivity index (χ2v) is 13.2. The number of fused-ring (bicyclic) bond motifs is 9. The second kappa shape index (κ2) is 11.2. The molecule has 0 N–H and O–H groups in total. The molecule has 0 unspecified atom stereocenters. The molecule has 244 valence electrons. The van der Waals surface area contributed by atoms with Gasteiger partial charge in [-0.05, 0) is 65.7 Å². The van der Waals surface area contributed by atoms with E-state index in [0.717, 1.165) is 105 Å². The number of para-hydroxylation sites is 5. The van der Waals surface area contributed by atoms with Crippen LogP contribution in [-0.4, -0.2) is 0 Å². The fourth-order valence-corrected chi connectivity index (χ4v) is 7.90. The van der Waals surface area contributed by atoms with Gasteiger partial charge in [-0.1, -0.05) is 121 Å². The molecule has 52 heavy (non-hydrogen) atoms. The van der Waals surface area contributed by atoms with E-state index in [1.807, 2.05) is 42.5 Å². The van der Waals surface area contributed by atoms with Gasteiger partial charge in [0.05, 0.1) is 11.1 Å². The van der Waals surface area contributed by atoms with Gasteiger partial charge in [-0.3, -0.25) is 0 Å². The summed E-state index contributed by atoms with van der Waals surface area (Å²) < 4.78 is 19.2. The Morgan fingerprint density at radius 2 is 0.731 bits per heavy atom. The molecule has 11 aromatic rings. The molecular weight excluding hydrogens is 639 g/mol. The predicted octanol–water partition coefficient (Wildman–Crippen LogP) is 14.2. The van der Waals surface area contributed by atoms with E-state index in [-0.39, 0.29) is 0 Å². The molecule has 0 aliphatic heterocycles. The van der Waals surface area contributed by atoms with Crippen LogP contribution in [0.4, 0.5) is 17.1 Å². The summed E-state index contributed by atoms with van der Waals surface area (Å²) in [6.07, 6.45) is 0. The fraction of sp³-hybridized carbons (Fsp3) is 0. The Morgan fingerprint density at radius 3 is 1.27 bits per heavy atom. The van der Waals surface area contributed by atoms with E-state index < -0.39 is 0 Å². The summed E-state index contributed by atoms with van der Waals surface area (Å²) in [5.41, 5.74) is 12.7. The molecule has 0 aliphatic rings. The lowest BCUT2D eigenvalue weighted by Gasteiger charge is -2.26. The summed E-state index contributed by atoms with van der Waals surface area (Å²) >= 11 is 0. The largest absolute Gasteiger partial charge is 0.456 e. The molecule has 0 radical (unpaired) electrons. The topological polar surface area (TPSA) is 42.7 Å². The van der Waals surface area contributed by atoms with Crippen LogP contribution in [0, 0.1) is 0 Å². The Hall–Kier alpha value is -7.04. The first kappa shape index (κ1) is 28.8. The minimum atomic E-state index is 0.852. The van der Waals surface area contributed by atoms with E-state index in [4.69, 9.17) is 13.3 Å². The summed E-state index contributed by atoms with van der Waals surface area (Å²) in [6.45, 7) is 0. The molecule has 0 amide bonds. The van der Waals surface area contributed by atoms with Crippen molar-refractivity contribution in [1.82, 2.24) is 0 Å². The van der Waals surface area contributed by atoms with Crippen LogP contribution in [0.1, 0.15) is 0 Å². The highest BCUT2D eigenvalue weighted by Crippen LogP contribution is 2.45. The van der Waals surface area contributed by atoms with Crippen molar-refractivity contribution in [3.63, 3.8) is 0 Å². The van der Waals surface area contributed by atoms with Gasteiger partial charge in [-0.2, -0.15) is 0 Å². The highest BCUT2D eigenvalue weighted by Gasteiger charge is 2.21. The predicted molar refractivity (Wildman–Crippen MR) is 214 cm³/mol. The normalized spacial score (nSPS) is 11.8. The smallest absolute Gasteiger partial charge is 0.143 e. The molecule has 0 saturated heterocycles. The van der Waals surface area contributed by atoms with Crippen LogP contribution < -0.4 is 4.90 Å². The van der Waals surface area contributed by atoms with Crippen molar-refractivity contribution in [3.8, 4) is 22.3 Å². The number of hydrogen-bond acceptors (Lipinski definition) is 4. The Labute approximate surface area is 298 Å². The van der Waals surface area contributed by atoms with Crippen LogP contribution in [0.25, 0.3) is 88.1 Å². The first-order chi connectivity index (χ1) is 25.8. The van der Waals surface area contributed by atoms with E-state index in [2.05, 4.69) is 138 Å². The molecule has 3 aromatic heterocycles. The summed E-state index contributed by atoms with van der Waals surface area (Å²) in [5.74, 6) is 0. The summed E-state index contributed by atoms with van der Waals surface area (Å²) in [4.78, 5) is 2.32. The van der Waals surface area contributed by atoms with Crippen molar-refractivity contribution in [2.75, 3.05) is 4.90 Å². The average molecular weight is 668 g/mol. The molecule has 0 saturated carbocycles. The second-order valence-electron chi connectivity index (χ2n) is 13.2. The van der Waals surface area contributed by atoms with Gasteiger partial charge < -0.3 is 18.2 Å². The van der Waals surface area contributed by atoms with Gasteiger partial charge in [0.1, 0.15) is 33.5 Å².